The predicted molar refractivity (Wildman–Crippen MR) is 101 cm³/mol. The van der Waals surface area contributed by atoms with Gasteiger partial charge in [-0.05, 0) is 30.7 Å². The van der Waals surface area contributed by atoms with Gasteiger partial charge >= 0.3 is 0 Å². The van der Waals surface area contributed by atoms with E-state index in [9.17, 15) is 4.79 Å². The number of likely N-dealkylation sites (N-methyl/N-ethyl adjacent to an activating group) is 1. The second kappa shape index (κ2) is 7.29. The van der Waals surface area contributed by atoms with Crippen LogP contribution in [0, 0.1) is 0 Å². The van der Waals surface area contributed by atoms with Gasteiger partial charge in [0.2, 0.25) is 5.91 Å². The van der Waals surface area contributed by atoms with Crippen LogP contribution in [0.15, 0.2) is 41.9 Å². The number of carbonyl (C=O) groups excluding carboxylic acids is 1. The number of fused-ring (bicyclic) bond motifs is 1. The molecule has 3 aromatic rings. The highest BCUT2D eigenvalue weighted by Gasteiger charge is 2.16. The van der Waals surface area contributed by atoms with E-state index in [-0.39, 0.29) is 11.9 Å². The van der Waals surface area contributed by atoms with Crippen molar-refractivity contribution in [3.63, 3.8) is 0 Å². The molecule has 0 spiro atoms. The van der Waals surface area contributed by atoms with Gasteiger partial charge in [-0.15, -0.1) is 11.3 Å². The average molecular weight is 376 g/mol. The van der Waals surface area contributed by atoms with Gasteiger partial charge in [0.25, 0.3) is 0 Å². The largest absolute Gasteiger partial charge is 0.497 e. The van der Waals surface area contributed by atoms with Gasteiger partial charge in [-0.25, -0.2) is 4.98 Å². The van der Waals surface area contributed by atoms with Crippen molar-refractivity contribution in [3.05, 3.63) is 58.3 Å². The van der Waals surface area contributed by atoms with E-state index >= 15 is 0 Å². The Morgan fingerprint density at radius 2 is 2.12 bits per heavy atom. The molecule has 0 aliphatic rings. The van der Waals surface area contributed by atoms with Crippen LogP contribution in [0.4, 0.5) is 0 Å². The summed E-state index contributed by atoms with van der Waals surface area (Å²) in [5.74, 6) is 0.685. The Labute approximate surface area is 155 Å². The van der Waals surface area contributed by atoms with E-state index in [4.69, 9.17) is 16.3 Å². The van der Waals surface area contributed by atoms with E-state index in [1.54, 1.807) is 25.1 Å². The maximum atomic E-state index is 12.5. The summed E-state index contributed by atoms with van der Waals surface area (Å²) in [5.41, 5.74) is 1.74. The van der Waals surface area contributed by atoms with Gasteiger partial charge in [-0.3, -0.25) is 9.20 Å². The van der Waals surface area contributed by atoms with Crippen LogP contribution in [0.3, 0.4) is 0 Å². The fraction of sp³-hybridized carbons (Fsp3) is 0.222. The number of aromatic nitrogens is 2. The molecule has 5 nitrogen and oxygen atoms in total. The molecule has 0 radical (unpaired) electrons. The Balaban J connectivity index is 1.75. The van der Waals surface area contributed by atoms with Crippen molar-refractivity contribution < 1.29 is 9.53 Å². The molecular weight excluding hydrogens is 358 g/mol. The van der Waals surface area contributed by atoms with Crippen LogP contribution in [-0.4, -0.2) is 34.3 Å². The first kappa shape index (κ1) is 17.5. The van der Waals surface area contributed by atoms with Crippen molar-refractivity contribution in [2.45, 2.75) is 13.0 Å². The Hall–Kier alpha value is -2.31. The third-order valence-electron chi connectivity index (χ3n) is 4.16. The molecule has 7 heteroatoms. The molecule has 2 heterocycles. The lowest BCUT2D eigenvalue weighted by Crippen LogP contribution is -2.27. The van der Waals surface area contributed by atoms with E-state index in [0.29, 0.717) is 10.8 Å². The summed E-state index contributed by atoms with van der Waals surface area (Å²) in [6, 6.07) is 7.63. The molecule has 1 amide bonds. The van der Waals surface area contributed by atoms with E-state index in [2.05, 4.69) is 4.98 Å². The zero-order valence-electron chi connectivity index (χ0n) is 14.1. The monoisotopic (exact) mass is 375 g/mol. The van der Waals surface area contributed by atoms with Gasteiger partial charge < -0.3 is 9.64 Å². The number of methoxy groups -OCH3 is 1. The van der Waals surface area contributed by atoms with Crippen LogP contribution in [0.5, 0.6) is 5.75 Å². The molecule has 1 aromatic carbocycles. The lowest BCUT2D eigenvalue weighted by atomic mass is 10.1. The molecule has 3 rings (SSSR count). The first-order valence-corrected chi connectivity index (χ1v) is 8.97. The van der Waals surface area contributed by atoms with Crippen LogP contribution in [0.1, 0.15) is 24.2 Å². The van der Waals surface area contributed by atoms with E-state index in [1.807, 2.05) is 47.2 Å². The standard InChI is InChI=1S/C18H18ClN3O2S/c1-12(13-4-6-14(24-3)7-5-13)21(2)16(23)9-8-15-17(19)20-18-22(15)10-11-25-18/h4-12H,1-3H3/b9-8+. The maximum absolute atomic E-state index is 12.5. The van der Waals surface area contributed by atoms with Crippen molar-refractivity contribution in [1.29, 1.82) is 0 Å². The minimum Gasteiger partial charge on any atom is -0.497 e. The van der Waals surface area contributed by atoms with Gasteiger partial charge in [-0.2, -0.15) is 0 Å². The third-order valence-corrected chi connectivity index (χ3v) is 5.20. The molecule has 0 bridgehead atoms. The Bertz CT molecular complexity index is 914. The molecule has 1 unspecified atom stereocenters. The van der Waals surface area contributed by atoms with Crippen molar-refractivity contribution in [3.8, 4) is 5.75 Å². The number of ether oxygens (including phenoxy) is 1. The minimum absolute atomic E-state index is 0.0647. The number of rotatable bonds is 5. The highest BCUT2D eigenvalue weighted by atomic mass is 35.5. The minimum atomic E-state index is -0.107. The first-order chi connectivity index (χ1) is 12.0. The topological polar surface area (TPSA) is 46.8 Å². The summed E-state index contributed by atoms with van der Waals surface area (Å²) in [5, 5.41) is 2.32. The SMILES string of the molecule is COc1ccc(C(C)N(C)C(=O)/C=C/c2c(Cl)nc3sccn23)cc1. The number of amides is 1. The van der Waals surface area contributed by atoms with Gasteiger partial charge in [0.1, 0.15) is 5.75 Å². The van der Waals surface area contributed by atoms with Crippen LogP contribution >= 0.6 is 22.9 Å². The second-order valence-electron chi connectivity index (χ2n) is 5.58. The summed E-state index contributed by atoms with van der Waals surface area (Å²) in [6.07, 6.45) is 5.11. The molecule has 0 aliphatic carbocycles. The lowest BCUT2D eigenvalue weighted by Gasteiger charge is -2.24. The number of hydrogen-bond acceptors (Lipinski definition) is 4. The molecule has 0 fully saturated rings. The number of hydrogen-bond donors (Lipinski definition) is 0. The van der Waals surface area contributed by atoms with Crippen LogP contribution < -0.4 is 4.74 Å². The normalized spacial score (nSPS) is 12.6. The van der Waals surface area contributed by atoms with Gasteiger partial charge in [0.15, 0.2) is 10.1 Å². The number of thiazole rings is 1. The lowest BCUT2D eigenvalue weighted by molar-refractivity contribution is -0.126. The van der Waals surface area contributed by atoms with Crippen molar-refractivity contribution >= 4 is 39.9 Å². The molecule has 25 heavy (non-hydrogen) atoms. The molecule has 2 aromatic heterocycles. The summed E-state index contributed by atoms with van der Waals surface area (Å²) in [4.78, 5) is 19.2. The number of benzene rings is 1. The van der Waals surface area contributed by atoms with Crippen LogP contribution in [-0.2, 0) is 4.79 Å². The zero-order chi connectivity index (χ0) is 18.0. The summed E-state index contributed by atoms with van der Waals surface area (Å²) in [7, 11) is 3.41. The summed E-state index contributed by atoms with van der Waals surface area (Å²) in [6.45, 7) is 1.98. The molecular formula is C18H18ClN3O2S. The Morgan fingerprint density at radius 1 is 1.40 bits per heavy atom. The van der Waals surface area contributed by atoms with Gasteiger partial charge in [0, 0.05) is 24.7 Å². The van der Waals surface area contributed by atoms with Gasteiger partial charge in [-0.1, -0.05) is 23.7 Å². The third kappa shape index (κ3) is 3.55. The molecule has 1 atom stereocenters. The maximum Gasteiger partial charge on any atom is 0.246 e. The molecule has 0 N–H and O–H groups in total. The molecule has 0 saturated carbocycles. The average Bonchev–Trinajstić information content (AvgIpc) is 3.19. The van der Waals surface area contributed by atoms with Crippen molar-refractivity contribution in [2.24, 2.45) is 0 Å². The summed E-state index contributed by atoms with van der Waals surface area (Å²) < 4.78 is 7.03. The second-order valence-corrected chi connectivity index (χ2v) is 6.81. The van der Waals surface area contributed by atoms with Crippen LogP contribution in [0.2, 0.25) is 5.15 Å². The quantitative estimate of drug-likeness (QED) is 0.625. The molecule has 130 valence electrons. The summed E-state index contributed by atoms with van der Waals surface area (Å²) >= 11 is 7.64. The smallest absolute Gasteiger partial charge is 0.246 e. The van der Waals surface area contributed by atoms with Crippen molar-refractivity contribution in [2.75, 3.05) is 14.2 Å². The van der Waals surface area contributed by atoms with Crippen LogP contribution in [0.25, 0.3) is 11.0 Å². The van der Waals surface area contributed by atoms with E-state index in [1.165, 1.54) is 17.4 Å². The number of carbonyl (C=O) groups is 1. The predicted octanol–water partition coefficient (Wildman–Crippen LogP) is 4.29. The van der Waals surface area contributed by atoms with E-state index in [0.717, 1.165) is 16.3 Å². The fourth-order valence-corrected chi connectivity index (χ4v) is 3.50. The molecule has 0 aliphatic heterocycles. The van der Waals surface area contributed by atoms with Crippen molar-refractivity contribution in [1.82, 2.24) is 14.3 Å². The number of halogens is 1. The zero-order valence-corrected chi connectivity index (χ0v) is 15.7. The molecule has 0 saturated heterocycles. The van der Waals surface area contributed by atoms with E-state index < -0.39 is 0 Å². The Morgan fingerprint density at radius 3 is 2.80 bits per heavy atom. The number of nitrogens with zero attached hydrogens (tertiary/aromatic N) is 3. The number of imidazole rings is 1. The highest BCUT2D eigenvalue weighted by molar-refractivity contribution is 7.15. The Kier molecular flexibility index (Phi) is 5.11. The van der Waals surface area contributed by atoms with Gasteiger partial charge in [0.05, 0.1) is 18.8 Å². The first-order valence-electron chi connectivity index (χ1n) is 7.71. The fourth-order valence-electron chi connectivity index (χ4n) is 2.49. The highest BCUT2D eigenvalue weighted by Crippen LogP contribution is 2.24.